The van der Waals surface area contributed by atoms with Gasteiger partial charge in [-0.3, -0.25) is 4.79 Å². The maximum atomic E-state index is 11.0. The van der Waals surface area contributed by atoms with Crippen molar-refractivity contribution in [3.63, 3.8) is 0 Å². The van der Waals surface area contributed by atoms with Crippen LogP contribution in [0.25, 0.3) is 0 Å². The Hall–Kier alpha value is -1.08. The summed E-state index contributed by atoms with van der Waals surface area (Å²) >= 11 is 0. The van der Waals surface area contributed by atoms with Gasteiger partial charge in [0, 0.05) is 19.0 Å². The van der Waals surface area contributed by atoms with Crippen LogP contribution in [0.3, 0.4) is 0 Å². The number of hydrogen-bond acceptors (Lipinski definition) is 3. The zero-order valence-corrected chi connectivity index (χ0v) is 10.9. The molecule has 1 heterocycles. The Bertz CT molecular complexity index is 294. The molecule has 1 saturated heterocycles. The normalized spacial score (nSPS) is 20.1. The third-order valence-corrected chi connectivity index (χ3v) is 3.18. The van der Waals surface area contributed by atoms with Crippen molar-refractivity contribution in [1.29, 1.82) is 5.26 Å². The predicted molar refractivity (Wildman–Crippen MR) is 67.3 cm³/mol. The third kappa shape index (κ3) is 5.69. The molecule has 0 bridgehead atoms. The van der Waals surface area contributed by atoms with Crippen LogP contribution in [0.2, 0.25) is 0 Å². The number of unbranched alkanes of at least 4 members (excludes halogenated alkanes) is 1. The summed E-state index contributed by atoms with van der Waals surface area (Å²) in [5.41, 5.74) is -0.195. The largest absolute Gasteiger partial charge is 0.352 e. The maximum absolute atomic E-state index is 11.0. The number of nitrogens with one attached hydrogen (secondary N) is 2. The lowest BCUT2D eigenvalue weighted by molar-refractivity contribution is -0.119. The summed E-state index contributed by atoms with van der Waals surface area (Å²) in [7, 11) is 0. The van der Waals surface area contributed by atoms with Gasteiger partial charge in [0.1, 0.15) is 0 Å². The van der Waals surface area contributed by atoms with Crippen LogP contribution >= 0.6 is 0 Å². The number of hydrogen-bond donors (Lipinski definition) is 2. The van der Waals surface area contributed by atoms with Gasteiger partial charge in [0.2, 0.25) is 5.91 Å². The van der Waals surface area contributed by atoms with Gasteiger partial charge in [0.25, 0.3) is 0 Å². The van der Waals surface area contributed by atoms with E-state index in [9.17, 15) is 4.79 Å². The first kappa shape index (κ1) is 14.0. The Kier molecular flexibility index (Phi) is 5.43. The molecule has 1 aliphatic heterocycles. The monoisotopic (exact) mass is 237 g/mol. The molecule has 4 nitrogen and oxygen atoms in total. The molecule has 2 N–H and O–H groups in total. The highest BCUT2D eigenvalue weighted by Crippen LogP contribution is 2.21. The fraction of sp³-hybridized carbons (Fsp3) is 0.846. The van der Waals surface area contributed by atoms with Crippen LogP contribution in [-0.2, 0) is 4.79 Å². The van der Waals surface area contributed by atoms with E-state index < -0.39 is 0 Å². The Morgan fingerprint density at radius 1 is 1.53 bits per heavy atom. The van der Waals surface area contributed by atoms with E-state index in [2.05, 4.69) is 16.7 Å². The smallest absolute Gasteiger partial charge is 0.220 e. The van der Waals surface area contributed by atoms with Gasteiger partial charge in [-0.25, -0.2) is 0 Å². The van der Waals surface area contributed by atoms with Gasteiger partial charge in [-0.05, 0) is 39.7 Å². The fourth-order valence-electron chi connectivity index (χ4n) is 1.98. The van der Waals surface area contributed by atoms with Gasteiger partial charge in [0.15, 0.2) is 0 Å². The number of nitriles is 1. The van der Waals surface area contributed by atoms with E-state index in [1.807, 2.05) is 13.8 Å². The second-order valence-corrected chi connectivity index (χ2v) is 5.46. The van der Waals surface area contributed by atoms with Gasteiger partial charge in [0.05, 0.1) is 11.5 Å². The number of carbonyl (C=O) groups excluding carboxylic acids is 1. The molecule has 0 aromatic heterocycles. The molecule has 17 heavy (non-hydrogen) atoms. The first-order valence-electron chi connectivity index (χ1n) is 6.45. The topological polar surface area (TPSA) is 64.9 Å². The molecule has 1 rings (SSSR count). The Morgan fingerprint density at radius 2 is 2.29 bits per heavy atom. The van der Waals surface area contributed by atoms with Crippen molar-refractivity contribution in [2.24, 2.45) is 5.41 Å². The highest BCUT2D eigenvalue weighted by Gasteiger charge is 2.19. The molecule has 0 spiro atoms. The van der Waals surface area contributed by atoms with Crippen molar-refractivity contribution in [3.8, 4) is 6.07 Å². The van der Waals surface area contributed by atoms with Crippen LogP contribution in [0.5, 0.6) is 0 Å². The number of carbonyl (C=O) groups is 1. The molecule has 0 aromatic carbocycles. The molecule has 1 atom stereocenters. The maximum Gasteiger partial charge on any atom is 0.220 e. The van der Waals surface area contributed by atoms with Crippen molar-refractivity contribution in [1.82, 2.24) is 10.6 Å². The Balaban J connectivity index is 1.95. The van der Waals surface area contributed by atoms with E-state index in [0.29, 0.717) is 12.5 Å². The summed E-state index contributed by atoms with van der Waals surface area (Å²) in [5, 5.41) is 15.1. The van der Waals surface area contributed by atoms with Gasteiger partial charge < -0.3 is 10.6 Å². The highest BCUT2D eigenvalue weighted by atomic mass is 16.1. The summed E-state index contributed by atoms with van der Waals surface area (Å²) in [6, 6.07) is 2.63. The van der Waals surface area contributed by atoms with E-state index in [1.165, 1.54) is 0 Å². The van der Waals surface area contributed by atoms with Crippen LogP contribution < -0.4 is 10.6 Å². The van der Waals surface area contributed by atoms with E-state index in [-0.39, 0.29) is 11.3 Å². The van der Waals surface area contributed by atoms with Crippen LogP contribution in [0.15, 0.2) is 0 Å². The minimum Gasteiger partial charge on any atom is -0.352 e. The van der Waals surface area contributed by atoms with Crippen LogP contribution in [0, 0.1) is 16.7 Å². The average Bonchev–Trinajstić information content (AvgIpc) is 2.69. The summed E-state index contributed by atoms with van der Waals surface area (Å²) in [6.45, 7) is 5.80. The summed E-state index contributed by atoms with van der Waals surface area (Å²) in [5.74, 6) is 0.174. The summed E-state index contributed by atoms with van der Waals surface area (Å²) in [4.78, 5) is 11.0. The molecular weight excluding hydrogens is 214 g/mol. The minimum absolute atomic E-state index is 0.174. The van der Waals surface area contributed by atoms with E-state index in [1.54, 1.807) is 0 Å². The SMILES string of the molecule is CC(C)(C#N)CCCCNCC1CCC(=O)N1. The van der Waals surface area contributed by atoms with Gasteiger partial charge in [-0.2, -0.15) is 5.26 Å². The first-order chi connectivity index (χ1) is 8.03. The van der Waals surface area contributed by atoms with Crippen molar-refractivity contribution in [3.05, 3.63) is 0 Å². The van der Waals surface area contributed by atoms with Crippen molar-refractivity contribution >= 4 is 5.91 Å². The van der Waals surface area contributed by atoms with Gasteiger partial charge >= 0.3 is 0 Å². The zero-order chi connectivity index (χ0) is 12.7. The molecule has 96 valence electrons. The molecule has 0 aromatic rings. The minimum atomic E-state index is -0.195. The van der Waals surface area contributed by atoms with Gasteiger partial charge in [-0.1, -0.05) is 6.42 Å². The summed E-state index contributed by atoms with van der Waals surface area (Å²) < 4.78 is 0. The standard InChI is InChI=1S/C13H23N3O/c1-13(2,10-14)7-3-4-8-15-9-11-5-6-12(17)16-11/h11,15H,3-9H2,1-2H3,(H,16,17). The molecule has 1 amide bonds. The number of rotatable bonds is 7. The number of amides is 1. The lowest BCUT2D eigenvalue weighted by atomic mass is 9.89. The molecular formula is C13H23N3O. The van der Waals surface area contributed by atoms with Crippen LogP contribution in [0.1, 0.15) is 46.0 Å². The average molecular weight is 237 g/mol. The molecule has 1 unspecified atom stereocenters. The van der Waals surface area contributed by atoms with E-state index in [0.717, 1.165) is 38.8 Å². The quantitative estimate of drug-likeness (QED) is 0.661. The Labute approximate surface area is 104 Å². The summed E-state index contributed by atoms with van der Waals surface area (Å²) in [6.07, 6.45) is 4.73. The van der Waals surface area contributed by atoms with Crippen molar-refractivity contribution in [2.75, 3.05) is 13.1 Å². The van der Waals surface area contributed by atoms with E-state index >= 15 is 0 Å². The van der Waals surface area contributed by atoms with Crippen molar-refractivity contribution in [2.45, 2.75) is 52.0 Å². The fourth-order valence-corrected chi connectivity index (χ4v) is 1.98. The number of nitrogens with zero attached hydrogens (tertiary/aromatic N) is 1. The second-order valence-electron chi connectivity index (χ2n) is 5.46. The molecule has 0 aliphatic carbocycles. The molecule has 0 radical (unpaired) electrons. The predicted octanol–water partition coefficient (Wildman–Crippen LogP) is 1.57. The second kappa shape index (κ2) is 6.61. The first-order valence-corrected chi connectivity index (χ1v) is 6.45. The van der Waals surface area contributed by atoms with E-state index in [4.69, 9.17) is 5.26 Å². The lowest BCUT2D eigenvalue weighted by Gasteiger charge is -2.15. The third-order valence-electron chi connectivity index (χ3n) is 3.18. The zero-order valence-electron chi connectivity index (χ0n) is 10.9. The highest BCUT2D eigenvalue weighted by molar-refractivity contribution is 5.78. The molecule has 1 fully saturated rings. The van der Waals surface area contributed by atoms with Gasteiger partial charge in [-0.15, -0.1) is 0 Å². The molecule has 1 aliphatic rings. The lowest BCUT2D eigenvalue weighted by Crippen LogP contribution is -2.36. The Morgan fingerprint density at radius 3 is 2.88 bits per heavy atom. The van der Waals surface area contributed by atoms with Crippen molar-refractivity contribution < 1.29 is 4.79 Å². The molecule has 4 heteroatoms. The van der Waals surface area contributed by atoms with Crippen LogP contribution in [-0.4, -0.2) is 25.0 Å². The van der Waals surface area contributed by atoms with Crippen LogP contribution in [0.4, 0.5) is 0 Å². The molecule has 0 saturated carbocycles.